The van der Waals surface area contributed by atoms with Crippen LogP contribution in [0.2, 0.25) is 0 Å². The molecule has 0 aliphatic carbocycles. The van der Waals surface area contributed by atoms with Crippen LogP contribution >= 0.6 is 11.3 Å². The lowest BCUT2D eigenvalue weighted by molar-refractivity contribution is -0.0965. The van der Waals surface area contributed by atoms with Crippen molar-refractivity contribution in [1.29, 1.82) is 0 Å². The third kappa shape index (κ3) is 3.33. The molecule has 2 fully saturated rings. The van der Waals surface area contributed by atoms with Crippen LogP contribution in [0.4, 0.5) is 0 Å². The summed E-state index contributed by atoms with van der Waals surface area (Å²) in [5.41, 5.74) is 1.13. The topological polar surface area (TPSA) is 42.0 Å². The minimum absolute atomic E-state index is 0.102. The van der Waals surface area contributed by atoms with Crippen LogP contribution in [0, 0.1) is 0 Å². The summed E-state index contributed by atoms with van der Waals surface area (Å²) in [4.78, 5) is 19.8. The van der Waals surface area contributed by atoms with Crippen LogP contribution in [-0.4, -0.2) is 67.2 Å². The first-order valence-electron chi connectivity index (χ1n) is 9.95. The molecule has 2 atom stereocenters. The fraction of sp³-hybridized carbons (Fsp3) is 0.750. The number of carbonyl (C=O) groups excluding carboxylic acids is 1. The first-order chi connectivity index (χ1) is 12.5. The molecule has 1 aromatic rings. The smallest absolute Gasteiger partial charge is 0.264 e. The van der Waals surface area contributed by atoms with Crippen LogP contribution in [0.5, 0.6) is 0 Å². The van der Waals surface area contributed by atoms with E-state index in [1.807, 2.05) is 18.7 Å². The third-order valence-electron chi connectivity index (χ3n) is 6.04. The lowest BCUT2D eigenvalue weighted by Gasteiger charge is -2.43. The van der Waals surface area contributed by atoms with Crippen LogP contribution in [0.1, 0.15) is 53.7 Å². The van der Waals surface area contributed by atoms with Crippen molar-refractivity contribution in [2.45, 2.75) is 57.8 Å². The van der Waals surface area contributed by atoms with Crippen LogP contribution in [0.15, 0.2) is 6.07 Å². The van der Waals surface area contributed by atoms with Crippen molar-refractivity contribution in [3.8, 4) is 0 Å². The van der Waals surface area contributed by atoms with Crippen molar-refractivity contribution in [3.63, 3.8) is 0 Å². The SMILES string of the molecule is CCN1CCC2(CC1)OCCc1sc(C(=O)N3C[C@@H](C)O[C@@H](C)C3)cc12. The lowest BCUT2D eigenvalue weighted by atomic mass is 9.82. The lowest BCUT2D eigenvalue weighted by Crippen LogP contribution is -2.48. The van der Waals surface area contributed by atoms with Crippen LogP contribution in [0.3, 0.4) is 0 Å². The van der Waals surface area contributed by atoms with Gasteiger partial charge in [0.2, 0.25) is 0 Å². The zero-order valence-corrected chi connectivity index (χ0v) is 16.9. The fourth-order valence-electron chi connectivity index (χ4n) is 4.67. The summed E-state index contributed by atoms with van der Waals surface area (Å²) in [6, 6.07) is 2.15. The summed E-state index contributed by atoms with van der Waals surface area (Å²) >= 11 is 1.69. The predicted octanol–water partition coefficient (Wildman–Crippen LogP) is 2.88. The van der Waals surface area contributed by atoms with Crippen LogP contribution < -0.4 is 0 Å². The van der Waals surface area contributed by atoms with Gasteiger partial charge in [-0.15, -0.1) is 11.3 Å². The van der Waals surface area contributed by atoms with Crippen molar-refractivity contribution in [2.75, 3.05) is 39.3 Å². The largest absolute Gasteiger partial charge is 0.372 e. The highest BCUT2D eigenvalue weighted by Crippen LogP contribution is 2.44. The number of amides is 1. The Kier molecular flexibility index (Phi) is 5.12. The summed E-state index contributed by atoms with van der Waals surface area (Å²) in [5, 5.41) is 0. The third-order valence-corrected chi connectivity index (χ3v) is 7.22. The number of likely N-dealkylation sites (tertiary alicyclic amines) is 1. The van der Waals surface area contributed by atoms with Crippen molar-refractivity contribution in [2.24, 2.45) is 0 Å². The van der Waals surface area contributed by atoms with E-state index in [9.17, 15) is 4.79 Å². The number of hydrogen-bond acceptors (Lipinski definition) is 5. The number of fused-ring (bicyclic) bond motifs is 2. The Hall–Kier alpha value is -0.950. The van der Waals surface area contributed by atoms with E-state index in [4.69, 9.17) is 9.47 Å². The standard InChI is InChI=1S/C20H30N2O3S/c1-4-21-8-6-20(7-9-21)16-11-18(26-17(16)5-10-24-20)19(23)22-12-14(2)25-15(3)13-22/h11,14-15H,4-10,12-13H2,1-3H3/t14-,15+. The highest BCUT2D eigenvalue weighted by atomic mass is 32.1. The summed E-state index contributed by atoms with van der Waals surface area (Å²) in [6.07, 6.45) is 3.20. The van der Waals surface area contributed by atoms with Gasteiger partial charge in [-0.2, -0.15) is 0 Å². The molecule has 2 saturated heterocycles. The first kappa shape index (κ1) is 18.4. The number of hydrogen-bond donors (Lipinski definition) is 0. The fourth-order valence-corrected chi connectivity index (χ4v) is 5.86. The Morgan fingerprint density at radius 3 is 2.62 bits per heavy atom. The van der Waals surface area contributed by atoms with Gasteiger partial charge in [0.05, 0.1) is 29.3 Å². The average Bonchev–Trinajstić information content (AvgIpc) is 3.07. The van der Waals surface area contributed by atoms with E-state index in [2.05, 4.69) is 17.9 Å². The Morgan fingerprint density at radius 1 is 1.27 bits per heavy atom. The molecule has 3 aliphatic rings. The highest BCUT2D eigenvalue weighted by molar-refractivity contribution is 7.14. The van der Waals surface area contributed by atoms with Gasteiger partial charge >= 0.3 is 0 Å². The molecule has 1 aromatic heterocycles. The van der Waals surface area contributed by atoms with Gasteiger partial charge < -0.3 is 19.3 Å². The molecule has 0 radical (unpaired) electrons. The average molecular weight is 379 g/mol. The highest BCUT2D eigenvalue weighted by Gasteiger charge is 2.42. The molecule has 0 saturated carbocycles. The van der Waals surface area contributed by atoms with Crippen molar-refractivity contribution < 1.29 is 14.3 Å². The number of piperidine rings is 1. The Bertz CT molecular complexity index is 656. The summed E-state index contributed by atoms with van der Waals surface area (Å²) < 4.78 is 12.1. The number of rotatable bonds is 2. The van der Waals surface area contributed by atoms with E-state index < -0.39 is 0 Å². The van der Waals surface area contributed by atoms with Crippen molar-refractivity contribution in [3.05, 3.63) is 21.4 Å². The van der Waals surface area contributed by atoms with Gasteiger partial charge in [-0.1, -0.05) is 6.92 Å². The molecule has 0 bridgehead atoms. The molecule has 6 heteroatoms. The number of nitrogens with zero attached hydrogens (tertiary/aromatic N) is 2. The van der Waals surface area contributed by atoms with E-state index in [1.165, 1.54) is 10.4 Å². The van der Waals surface area contributed by atoms with E-state index in [0.29, 0.717) is 13.1 Å². The molecule has 4 rings (SSSR count). The Morgan fingerprint density at radius 2 is 1.96 bits per heavy atom. The monoisotopic (exact) mass is 378 g/mol. The van der Waals surface area contributed by atoms with Crippen molar-refractivity contribution in [1.82, 2.24) is 9.80 Å². The number of thiophene rings is 1. The van der Waals surface area contributed by atoms with Gasteiger partial charge in [0, 0.05) is 37.5 Å². The first-order valence-corrected chi connectivity index (χ1v) is 10.8. The van der Waals surface area contributed by atoms with Crippen LogP contribution in [0.25, 0.3) is 0 Å². The molecule has 3 aliphatic heterocycles. The van der Waals surface area contributed by atoms with Gasteiger partial charge in [0.25, 0.3) is 5.91 Å². The molecule has 4 heterocycles. The van der Waals surface area contributed by atoms with E-state index >= 15 is 0 Å². The quantitative estimate of drug-likeness (QED) is 0.794. The molecule has 0 unspecified atom stereocenters. The molecule has 1 spiro atoms. The normalized spacial score (nSPS) is 29.0. The van der Waals surface area contributed by atoms with Crippen molar-refractivity contribution >= 4 is 17.2 Å². The minimum Gasteiger partial charge on any atom is -0.372 e. The molecular weight excluding hydrogens is 348 g/mol. The number of ether oxygens (including phenoxy) is 2. The molecule has 0 N–H and O–H groups in total. The second kappa shape index (κ2) is 7.23. The second-order valence-electron chi connectivity index (χ2n) is 7.94. The van der Waals surface area contributed by atoms with E-state index in [-0.39, 0.29) is 23.7 Å². The molecular formula is C20H30N2O3S. The zero-order valence-electron chi connectivity index (χ0n) is 16.1. The van der Waals surface area contributed by atoms with Gasteiger partial charge in [-0.3, -0.25) is 4.79 Å². The second-order valence-corrected chi connectivity index (χ2v) is 9.08. The van der Waals surface area contributed by atoms with Gasteiger partial charge in [-0.25, -0.2) is 0 Å². The maximum atomic E-state index is 13.1. The summed E-state index contributed by atoms with van der Waals surface area (Å²) in [6.45, 7) is 11.7. The van der Waals surface area contributed by atoms with Gasteiger partial charge in [0.1, 0.15) is 0 Å². The van der Waals surface area contributed by atoms with Gasteiger partial charge in [-0.05, 0) is 44.9 Å². The minimum atomic E-state index is -0.167. The molecule has 1 amide bonds. The summed E-state index contributed by atoms with van der Waals surface area (Å²) in [5.74, 6) is 0.160. The molecule has 0 aromatic carbocycles. The molecule has 26 heavy (non-hydrogen) atoms. The molecule has 144 valence electrons. The maximum Gasteiger partial charge on any atom is 0.264 e. The van der Waals surface area contributed by atoms with Gasteiger partial charge in [0.15, 0.2) is 0 Å². The summed E-state index contributed by atoms with van der Waals surface area (Å²) in [7, 11) is 0. The Labute approximate surface area is 160 Å². The van der Waals surface area contributed by atoms with E-state index in [1.54, 1.807) is 11.3 Å². The number of carbonyl (C=O) groups is 1. The maximum absolute atomic E-state index is 13.1. The number of morpholine rings is 1. The zero-order chi connectivity index (χ0) is 18.3. The molecule has 5 nitrogen and oxygen atoms in total. The van der Waals surface area contributed by atoms with E-state index in [0.717, 1.165) is 50.4 Å². The Balaban J connectivity index is 1.57. The predicted molar refractivity (Wildman–Crippen MR) is 103 cm³/mol. The van der Waals surface area contributed by atoms with Crippen LogP contribution in [-0.2, 0) is 21.5 Å².